The van der Waals surface area contributed by atoms with Crippen molar-refractivity contribution in [3.05, 3.63) is 182 Å². The van der Waals surface area contributed by atoms with Crippen LogP contribution in [0.4, 0.5) is 0 Å². The van der Waals surface area contributed by atoms with Gasteiger partial charge in [-0.15, -0.1) is 11.3 Å². The average molecular weight is 703 g/mol. The van der Waals surface area contributed by atoms with Gasteiger partial charge in [0.05, 0.1) is 0 Å². The lowest BCUT2D eigenvalue weighted by Gasteiger charge is -2.19. The molecule has 0 fully saturated rings. The van der Waals surface area contributed by atoms with Crippen molar-refractivity contribution in [3.8, 4) is 33.4 Å². The van der Waals surface area contributed by atoms with Crippen molar-refractivity contribution in [2.75, 3.05) is 0 Å². The van der Waals surface area contributed by atoms with Crippen LogP contribution < -0.4 is 0 Å². The van der Waals surface area contributed by atoms with Crippen LogP contribution in [-0.4, -0.2) is 0 Å². The molecular weight excluding hydrogens is 673 g/mol. The standard InChI is InChI=1S/C52H30OS/c1-2-14-34-31(12-1)13-11-22-36(34)49-39-18-6-4-16-37(39)48(38-17-5-7-19-40(38)49)33-26-24-32(25-27-33)44-30-45-42-28-29-47-50(43-21-9-10-23-46(43)54-47)52(42)53-51(45)41-20-8-3-15-35(41)44/h1-30H. The van der Waals surface area contributed by atoms with E-state index in [0.29, 0.717) is 0 Å². The Hall–Kier alpha value is -6.74. The molecule has 0 saturated heterocycles. The molecule has 2 aromatic heterocycles. The summed E-state index contributed by atoms with van der Waals surface area (Å²) in [5.74, 6) is 0. The van der Waals surface area contributed by atoms with Crippen LogP contribution in [0.25, 0.3) is 119 Å². The van der Waals surface area contributed by atoms with Gasteiger partial charge in [-0.05, 0) is 95.3 Å². The Morgan fingerprint density at radius 1 is 0.315 bits per heavy atom. The predicted molar refractivity (Wildman–Crippen MR) is 233 cm³/mol. The van der Waals surface area contributed by atoms with Crippen molar-refractivity contribution in [2.45, 2.75) is 0 Å². The first-order valence-corrected chi connectivity index (χ1v) is 19.3. The number of thiophene rings is 1. The highest BCUT2D eigenvalue weighted by molar-refractivity contribution is 7.26. The molecule has 2 heterocycles. The Labute approximate surface area is 314 Å². The normalized spacial score (nSPS) is 12.1. The van der Waals surface area contributed by atoms with Crippen LogP contribution in [-0.2, 0) is 0 Å². The molecule has 0 radical (unpaired) electrons. The van der Waals surface area contributed by atoms with Gasteiger partial charge in [-0.3, -0.25) is 0 Å². The Morgan fingerprint density at radius 3 is 1.61 bits per heavy atom. The maximum Gasteiger partial charge on any atom is 0.144 e. The van der Waals surface area contributed by atoms with Crippen LogP contribution in [0.3, 0.4) is 0 Å². The third kappa shape index (κ3) is 4.20. The maximum absolute atomic E-state index is 6.87. The topological polar surface area (TPSA) is 13.1 Å². The summed E-state index contributed by atoms with van der Waals surface area (Å²) >= 11 is 1.83. The first-order valence-electron chi connectivity index (χ1n) is 18.5. The molecule has 0 atom stereocenters. The Bertz CT molecular complexity index is 3430. The maximum atomic E-state index is 6.87. The quantitative estimate of drug-likeness (QED) is 0.167. The van der Waals surface area contributed by atoms with Gasteiger partial charge < -0.3 is 4.42 Å². The molecule has 1 nitrogen and oxygen atoms in total. The van der Waals surface area contributed by atoms with Gasteiger partial charge in [0.2, 0.25) is 0 Å². The SMILES string of the molecule is c1ccc2c(-c3c4ccccc4c(-c4ccc(-c5cc6c7ccc8sc9ccccc9c8c7oc6c6ccccc56)cc4)c4ccccc34)cccc2c1. The summed E-state index contributed by atoms with van der Waals surface area (Å²) in [5.41, 5.74) is 9.36. The molecule has 0 unspecified atom stereocenters. The van der Waals surface area contributed by atoms with E-state index in [2.05, 4.69) is 182 Å². The van der Waals surface area contributed by atoms with Crippen LogP contribution in [0.15, 0.2) is 186 Å². The second-order valence-electron chi connectivity index (χ2n) is 14.3. The van der Waals surface area contributed by atoms with Gasteiger partial charge in [0.15, 0.2) is 0 Å². The van der Waals surface area contributed by atoms with Crippen LogP contribution in [0.5, 0.6) is 0 Å². The van der Waals surface area contributed by atoms with E-state index in [1.165, 1.54) is 91.3 Å². The third-order valence-electron chi connectivity index (χ3n) is 11.5. The second kappa shape index (κ2) is 11.4. The smallest absolute Gasteiger partial charge is 0.144 e. The van der Waals surface area contributed by atoms with Gasteiger partial charge in [-0.1, -0.05) is 158 Å². The van der Waals surface area contributed by atoms with Crippen LogP contribution in [0, 0.1) is 0 Å². The fourth-order valence-corrected chi connectivity index (χ4v) is 10.2. The van der Waals surface area contributed by atoms with Gasteiger partial charge >= 0.3 is 0 Å². The van der Waals surface area contributed by atoms with Gasteiger partial charge in [-0.25, -0.2) is 0 Å². The Balaban J connectivity index is 1.07. The first kappa shape index (κ1) is 29.8. The zero-order valence-electron chi connectivity index (χ0n) is 29.1. The molecule has 0 aliphatic heterocycles. The zero-order chi connectivity index (χ0) is 35.3. The van der Waals surface area contributed by atoms with E-state index in [9.17, 15) is 0 Å². The highest BCUT2D eigenvalue weighted by Crippen LogP contribution is 2.47. The first-order chi connectivity index (χ1) is 26.8. The van der Waals surface area contributed by atoms with E-state index in [1.807, 2.05) is 11.3 Å². The summed E-state index contributed by atoms with van der Waals surface area (Å²) < 4.78 is 9.41. The van der Waals surface area contributed by atoms with Crippen LogP contribution in [0.1, 0.15) is 0 Å². The highest BCUT2D eigenvalue weighted by Gasteiger charge is 2.20. The number of hydrogen-bond acceptors (Lipinski definition) is 2. The molecule has 12 rings (SSSR count). The molecule has 0 amide bonds. The Morgan fingerprint density at radius 2 is 0.870 bits per heavy atom. The summed E-state index contributed by atoms with van der Waals surface area (Å²) in [7, 11) is 0. The number of rotatable bonds is 3. The van der Waals surface area contributed by atoms with Gasteiger partial charge in [0.25, 0.3) is 0 Å². The fraction of sp³-hybridized carbons (Fsp3) is 0. The molecule has 0 spiro atoms. The lowest BCUT2D eigenvalue weighted by molar-refractivity contribution is 0.677. The molecule has 10 aromatic carbocycles. The predicted octanol–water partition coefficient (Wildman–Crippen LogP) is 15.6. The zero-order valence-corrected chi connectivity index (χ0v) is 30.0. The molecule has 0 bridgehead atoms. The van der Waals surface area contributed by atoms with E-state index in [-0.39, 0.29) is 0 Å². The molecular formula is C52H30OS. The molecule has 12 aromatic rings. The summed E-state index contributed by atoms with van der Waals surface area (Å²) in [4.78, 5) is 0. The van der Waals surface area contributed by atoms with Gasteiger partial charge in [0.1, 0.15) is 11.2 Å². The monoisotopic (exact) mass is 702 g/mol. The van der Waals surface area contributed by atoms with Crippen molar-refractivity contribution < 1.29 is 4.42 Å². The molecule has 0 N–H and O–H groups in total. The summed E-state index contributed by atoms with van der Waals surface area (Å²) in [6.45, 7) is 0. The highest BCUT2D eigenvalue weighted by atomic mass is 32.1. The Kier molecular flexibility index (Phi) is 6.28. The fourth-order valence-electron chi connectivity index (χ4n) is 9.09. The van der Waals surface area contributed by atoms with Crippen molar-refractivity contribution >= 4 is 96.5 Å². The molecule has 250 valence electrons. The van der Waals surface area contributed by atoms with Gasteiger partial charge in [0, 0.05) is 36.3 Å². The van der Waals surface area contributed by atoms with Crippen LogP contribution >= 0.6 is 11.3 Å². The largest absolute Gasteiger partial charge is 0.455 e. The van der Waals surface area contributed by atoms with E-state index in [4.69, 9.17) is 4.42 Å². The molecule has 0 saturated carbocycles. The van der Waals surface area contributed by atoms with E-state index in [1.54, 1.807) is 0 Å². The number of furan rings is 1. The second-order valence-corrected chi connectivity index (χ2v) is 15.4. The number of benzene rings is 10. The van der Waals surface area contributed by atoms with E-state index in [0.717, 1.165) is 27.3 Å². The van der Waals surface area contributed by atoms with E-state index < -0.39 is 0 Å². The van der Waals surface area contributed by atoms with Crippen molar-refractivity contribution in [3.63, 3.8) is 0 Å². The lowest BCUT2D eigenvalue weighted by atomic mass is 9.84. The minimum absolute atomic E-state index is 0.952. The summed E-state index contributed by atoms with van der Waals surface area (Å²) in [5, 5.41) is 14.7. The summed E-state index contributed by atoms with van der Waals surface area (Å²) in [6, 6.07) is 66.7. The molecule has 2 heteroatoms. The van der Waals surface area contributed by atoms with E-state index >= 15 is 0 Å². The molecule has 0 aliphatic carbocycles. The number of fused-ring (bicyclic) bond motifs is 12. The molecule has 0 aliphatic rings. The molecule has 54 heavy (non-hydrogen) atoms. The third-order valence-corrected chi connectivity index (χ3v) is 12.6. The van der Waals surface area contributed by atoms with Crippen molar-refractivity contribution in [1.29, 1.82) is 0 Å². The van der Waals surface area contributed by atoms with Gasteiger partial charge in [-0.2, -0.15) is 0 Å². The minimum Gasteiger partial charge on any atom is -0.455 e. The summed E-state index contributed by atoms with van der Waals surface area (Å²) in [6.07, 6.45) is 0. The average Bonchev–Trinajstić information content (AvgIpc) is 3.81. The lowest BCUT2D eigenvalue weighted by Crippen LogP contribution is -1.91. The minimum atomic E-state index is 0.952. The number of hydrogen-bond donors (Lipinski definition) is 0. The van der Waals surface area contributed by atoms with Crippen LogP contribution in [0.2, 0.25) is 0 Å². The van der Waals surface area contributed by atoms with Crippen molar-refractivity contribution in [1.82, 2.24) is 0 Å². The van der Waals surface area contributed by atoms with Crippen molar-refractivity contribution in [2.24, 2.45) is 0 Å².